The third kappa shape index (κ3) is 1.82. The molecule has 1 aromatic carbocycles. The molecule has 0 unspecified atom stereocenters. The summed E-state index contributed by atoms with van der Waals surface area (Å²) in [5.41, 5.74) is 0.695. The minimum absolute atomic E-state index is 0.695. The molecule has 0 N–H and O–H groups in total. The van der Waals surface area contributed by atoms with Crippen molar-refractivity contribution in [3.05, 3.63) is 54.7 Å². The SMILES string of the molecule is c1ccc(Sc2cc3cccnc3o2)cc1. The van der Waals surface area contributed by atoms with Crippen molar-refractivity contribution in [3.63, 3.8) is 0 Å². The van der Waals surface area contributed by atoms with Crippen LogP contribution in [-0.2, 0) is 0 Å². The van der Waals surface area contributed by atoms with Gasteiger partial charge in [-0.1, -0.05) is 30.0 Å². The second kappa shape index (κ2) is 4.02. The third-order valence-electron chi connectivity index (χ3n) is 2.23. The second-order valence-electron chi connectivity index (χ2n) is 3.38. The molecule has 2 aromatic heterocycles. The molecule has 0 spiro atoms. The minimum Gasteiger partial charge on any atom is -0.431 e. The Balaban J connectivity index is 1.95. The van der Waals surface area contributed by atoms with Gasteiger partial charge in [-0.2, -0.15) is 0 Å². The molecule has 3 heteroatoms. The number of benzene rings is 1. The summed E-state index contributed by atoms with van der Waals surface area (Å²) in [7, 11) is 0. The highest BCUT2D eigenvalue weighted by atomic mass is 32.2. The quantitative estimate of drug-likeness (QED) is 0.662. The third-order valence-corrected chi connectivity index (χ3v) is 3.14. The maximum Gasteiger partial charge on any atom is 0.227 e. The molecule has 3 aromatic rings. The Morgan fingerprint density at radius 3 is 2.69 bits per heavy atom. The minimum atomic E-state index is 0.695. The molecule has 0 amide bonds. The Morgan fingerprint density at radius 1 is 1.00 bits per heavy atom. The molecule has 0 aliphatic carbocycles. The lowest BCUT2D eigenvalue weighted by Crippen LogP contribution is -1.67. The van der Waals surface area contributed by atoms with E-state index in [1.807, 2.05) is 36.4 Å². The summed E-state index contributed by atoms with van der Waals surface area (Å²) in [5.74, 6) is 0. The fourth-order valence-electron chi connectivity index (χ4n) is 1.51. The fraction of sp³-hybridized carbons (Fsp3) is 0. The van der Waals surface area contributed by atoms with E-state index in [0.29, 0.717) is 5.71 Å². The molecule has 0 atom stereocenters. The van der Waals surface area contributed by atoms with Crippen molar-refractivity contribution in [2.75, 3.05) is 0 Å². The second-order valence-corrected chi connectivity index (χ2v) is 4.46. The van der Waals surface area contributed by atoms with Crippen molar-refractivity contribution in [1.29, 1.82) is 0 Å². The van der Waals surface area contributed by atoms with Crippen LogP contribution >= 0.6 is 11.8 Å². The molecule has 3 rings (SSSR count). The zero-order valence-electron chi connectivity index (χ0n) is 8.46. The predicted molar refractivity (Wildman–Crippen MR) is 64.6 cm³/mol. The van der Waals surface area contributed by atoms with Gasteiger partial charge in [-0.15, -0.1) is 0 Å². The Kier molecular flexibility index (Phi) is 2.38. The molecule has 0 aliphatic rings. The maximum atomic E-state index is 5.62. The van der Waals surface area contributed by atoms with Crippen LogP contribution in [0.5, 0.6) is 0 Å². The van der Waals surface area contributed by atoms with E-state index in [4.69, 9.17) is 4.42 Å². The van der Waals surface area contributed by atoms with E-state index in [9.17, 15) is 0 Å². The lowest BCUT2D eigenvalue weighted by Gasteiger charge is -1.95. The van der Waals surface area contributed by atoms with Crippen LogP contribution in [0.2, 0.25) is 0 Å². The fourth-order valence-corrected chi connectivity index (χ4v) is 2.34. The molecular formula is C13H9NOS. The molecule has 2 heterocycles. The summed E-state index contributed by atoms with van der Waals surface area (Å²) >= 11 is 1.61. The van der Waals surface area contributed by atoms with Gasteiger partial charge in [0.05, 0.1) is 0 Å². The van der Waals surface area contributed by atoms with Gasteiger partial charge in [-0.05, 0) is 24.3 Å². The summed E-state index contributed by atoms with van der Waals surface area (Å²) in [4.78, 5) is 5.33. The van der Waals surface area contributed by atoms with Gasteiger partial charge >= 0.3 is 0 Å². The Bertz CT molecular complexity index is 570. The number of rotatable bonds is 2. The molecule has 0 aliphatic heterocycles. The molecule has 16 heavy (non-hydrogen) atoms. The van der Waals surface area contributed by atoms with Crippen LogP contribution in [0.3, 0.4) is 0 Å². The van der Waals surface area contributed by atoms with Crippen molar-refractivity contribution in [1.82, 2.24) is 4.98 Å². The van der Waals surface area contributed by atoms with E-state index in [1.165, 1.54) is 4.90 Å². The van der Waals surface area contributed by atoms with Gasteiger partial charge in [0, 0.05) is 22.5 Å². The lowest BCUT2D eigenvalue weighted by molar-refractivity contribution is 0.506. The Morgan fingerprint density at radius 2 is 1.88 bits per heavy atom. The average Bonchev–Trinajstić information content (AvgIpc) is 2.72. The van der Waals surface area contributed by atoms with Crippen molar-refractivity contribution in [2.45, 2.75) is 9.99 Å². The molecule has 0 fully saturated rings. The van der Waals surface area contributed by atoms with E-state index in [2.05, 4.69) is 17.1 Å². The summed E-state index contributed by atoms with van der Waals surface area (Å²) in [6, 6.07) is 16.1. The number of nitrogens with zero attached hydrogens (tertiary/aromatic N) is 1. The first-order valence-corrected chi connectivity index (χ1v) is 5.81. The maximum absolute atomic E-state index is 5.62. The highest BCUT2D eigenvalue weighted by Gasteiger charge is 2.05. The number of fused-ring (bicyclic) bond motifs is 1. The van der Waals surface area contributed by atoms with Crippen LogP contribution in [0.15, 0.2) is 69.1 Å². The monoisotopic (exact) mass is 227 g/mol. The van der Waals surface area contributed by atoms with Gasteiger partial charge < -0.3 is 4.42 Å². The molecule has 2 nitrogen and oxygen atoms in total. The number of aromatic nitrogens is 1. The molecular weight excluding hydrogens is 218 g/mol. The Hall–Kier alpha value is -1.74. The van der Waals surface area contributed by atoms with Gasteiger partial charge in [-0.3, -0.25) is 0 Å². The number of hydrogen-bond donors (Lipinski definition) is 0. The first kappa shape index (κ1) is 9.48. The van der Waals surface area contributed by atoms with Crippen LogP contribution in [0.4, 0.5) is 0 Å². The van der Waals surface area contributed by atoms with Gasteiger partial charge in [-0.25, -0.2) is 4.98 Å². The number of hydrogen-bond acceptors (Lipinski definition) is 3. The van der Waals surface area contributed by atoms with Crippen LogP contribution < -0.4 is 0 Å². The van der Waals surface area contributed by atoms with Crippen LogP contribution in [0, 0.1) is 0 Å². The highest BCUT2D eigenvalue weighted by molar-refractivity contribution is 7.99. The van der Waals surface area contributed by atoms with Crippen LogP contribution in [0.1, 0.15) is 0 Å². The summed E-state index contributed by atoms with van der Waals surface area (Å²) in [6.07, 6.45) is 1.74. The van der Waals surface area contributed by atoms with Gasteiger partial charge in [0.25, 0.3) is 0 Å². The predicted octanol–water partition coefficient (Wildman–Crippen LogP) is 3.98. The summed E-state index contributed by atoms with van der Waals surface area (Å²) in [6.45, 7) is 0. The van der Waals surface area contributed by atoms with E-state index in [0.717, 1.165) is 10.5 Å². The van der Waals surface area contributed by atoms with E-state index >= 15 is 0 Å². The van der Waals surface area contributed by atoms with Crippen molar-refractivity contribution in [3.8, 4) is 0 Å². The average molecular weight is 227 g/mol. The van der Waals surface area contributed by atoms with Crippen molar-refractivity contribution < 1.29 is 4.42 Å². The zero-order valence-corrected chi connectivity index (χ0v) is 9.28. The summed E-state index contributed by atoms with van der Waals surface area (Å²) < 4.78 is 5.62. The number of furan rings is 1. The van der Waals surface area contributed by atoms with Crippen LogP contribution in [0.25, 0.3) is 11.1 Å². The first-order valence-electron chi connectivity index (χ1n) is 4.99. The normalized spacial score (nSPS) is 10.8. The van der Waals surface area contributed by atoms with E-state index in [1.54, 1.807) is 18.0 Å². The smallest absolute Gasteiger partial charge is 0.227 e. The standard InChI is InChI=1S/C13H9NOS/c1-2-6-11(7-3-1)16-12-9-10-5-4-8-14-13(10)15-12/h1-9H. The summed E-state index contributed by atoms with van der Waals surface area (Å²) in [5, 5.41) is 1.92. The van der Waals surface area contributed by atoms with E-state index in [-0.39, 0.29) is 0 Å². The largest absolute Gasteiger partial charge is 0.431 e. The van der Waals surface area contributed by atoms with Crippen molar-refractivity contribution >= 4 is 22.9 Å². The van der Waals surface area contributed by atoms with E-state index < -0.39 is 0 Å². The molecule has 0 saturated carbocycles. The topological polar surface area (TPSA) is 26.0 Å². The molecule has 0 bridgehead atoms. The number of pyridine rings is 1. The molecule has 78 valence electrons. The molecule has 0 saturated heterocycles. The van der Waals surface area contributed by atoms with Gasteiger partial charge in [0.15, 0.2) is 5.09 Å². The van der Waals surface area contributed by atoms with Gasteiger partial charge in [0.2, 0.25) is 5.71 Å². The lowest BCUT2D eigenvalue weighted by atomic mass is 10.3. The van der Waals surface area contributed by atoms with Crippen molar-refractivity contribution in [2.24, 2.45) is 0 Å². The Labute approximate surface area is 97.3 Å². The molecule has 0 radical (unpaired) electrons. The first-order chi connectivity index (χ1) is 7.92. The van der Waals surface area contributed by atoms with Crippen LogP contribution in [-0.4, -0.2) is 4.98 Å². The van der Waals surface area contributed by atoms with Gasteiger partial charge in [0.1, 0.15) is 0 Å². The highest BCUT2D eigenvalue weighted by Crippen LogP contribution is 2.31. The zero-order chi connectivity index (χ0) is 10.8.